The summed E-state index contributed by atoms with van der Waals surface area (Å²) in [5.41, 5.74) is 1.46. The minimum atomic E-state index is -0.677. The molecule has 36 heavy (non-hydrogen) atoms. The van der Waals surface area contributed by atoms with E-state index in [1.165, 1.54) is 12.1 Å². The van der Waals surface area contributed by atoms with Crippen LogP contribution in [0, 0.1) is 17.6 Å². The van der Waals surface area contributed by atoms with Crippen molar-refractivity contribution < 1.29 is 18.3 Å². The second-order valence-corrected chi connectivity index (χ2v) is 9.32. The smallest absolute Gasteiger partial charge is 0.224 e. The number of benzene rings is 1. The molecule has 2 aliphatic rings. The lowest BCUT2D eigenvalue weighted by Gasteiger charge is -2.29. The molecule has 196 valence electrons. The molecule has 10 heteroatoms. The van der Waals surface area contributed by atoms with Gasteiger partial charge in [0.2, 0.25) is 11.9 Å². The van der Waals surface area contributed by atoms with Crippen LogP contribution in [0.15, 0.2) is 24.4 Å². The second-order valence-electron chi connectivity index (χ2n) is 9.32. The van der Waals surface area contributed by atoms with E-state index in [-0.39, 0.29) is 19.2 Å². The molecule has 0 spiro atoms. The highest BCUT2D eigenvalue weighted by atomic mass is 19.1. The maximum atomic E-state index is 14.4. The predicted molar refractivity (Wildman–Crippen MR) is 137 cm³/mol. The van der Waals surface area contributed by atoms with Gasteiger partial charge in [0.25, 0.3) is 0 Å². The summed E-state index contributed by atoms with van der Waals surface area (Å²) in [6.07, 6.45) is 7.64. The van der Waals surface area contributed by atoms with Gasteiger partial charge in [0.05, 0.1) is 11.9 Å². The van der Waals surface area contributed by atoms with E-state index in [1.807, 2.05) is 11.5 Å². The van der Waals surface area contributed by atoms with Gasteiger partial charge in [-0.1, -0.05) is 7.43 Å². The highest BCUT2D eigenvalue weighted by Gasteiger charge is 2.25. The molecule has 8 nitrogen and oxygen atoms in total. The number of imidazole rings is 1. The van der Waals surface area contributed by atoms with Crippen molar-refractivity contribution in [3.05, 3.63) is 36.0 Å². The molecule has 1 aliphatic heterocycles. The van der Waals surface area contributed by atoms with Gasteiger partial charge in [-0.3, -0.25) is 4.57 Å². The van der Waals surface area contributed by atoms with Gasteiger partial charge in [-0.05, 0) is 63.5 Å². The molecule has 3 aromatic rings. The number of nitrogens with zero attached hydrogens (tertiary/aromatic N) is 4. The van der Waals surface area contributed by atoms with Gasteiger partial charge >= 0.3 is 0 Å². The average Bonchev–Trinajstić information content (AvgIpc) is 3.23. The Morgan fingerprint density at radius 2 is 1.86 bits per heavy atom. The van der Waals surface area contributed by atoms with Crippen molar-refractivity contribution in [3.8, 4) is 0 Å². The van der Waals surface area contributed by atoms with E-state index in [2.05, 4.69) is 20.6 Å². The summed E-state index contributed by atoms with van der Waals surface area (Å²) in [5, 5.41) is 6.55. The Kier molecular flexibility index (Phi) is 8.68. The fraction of sp³-hybridized carbons (Fsp3) is 0.577. The summed E-state index contributed by atoms with van der Waals surface area (Å²) >= 11 is 0. The van der Waals surface area contributed by atoms with Crippen molar-refractivity contribution in [2.24, 2.45) is 5.92 Å². The van der Waals surface area contributed by atoms with Gasteiger partial charge in [0.1, 0.15) is 17.2 Å². The number of anilines is 3. The van der Waals surface area contributed by atoms with Crippen molar-refractivity contribution in [3.63, 3.8) is 0 Å². The van der Waals surface area contributed by atoms with E-state index in [0.29, 0.717) is 48.2 Å². The molecule has 1 saturated heterocycles. The first kappa shape index (κ1) is 26.2. The summed E-state index contributed by atoms with van der Waals surface area (Å²) in [4.78, 5) is 14.0. The number of hydrogen-bond acceptors (Lipinski definition) is 7. The third kappa shape index (κ3) is 5.92. The van der Waals surface area contributed by atoms with E-state index in [4.69, 9.17) is 14.5 Å². The maximum Gasteiger partial charge on any atom is 0.224 e. The van der Waals surface area contributed by atoms with Crippen LogP contribution in [-0.4, -0.2) is 52.0 Å². The van der Waals surface area contributed by atoms with Gasteiger partial charge in [0.15, 0.2) is 5.65 Å². The molecule has 2 fully saturated rings. The molecule has 0 bridgehead atoms. The molecule has 0 radical (unpaired) electrons. The largest absolute Gasteiger partial charge is 0.381 e. The molecular weight excluding hydrogens is 466 g/mol. The van der Waals surface area contributed by atoms with Crippen molar-refractivity contribution in [1.29, 1.82) is 0 Å². The maximum absolute atomic E-state index is 14.4. The molecule has 5 rings (SSSR count). The lowest BCUT2D eigenvalue weighted by molar-refractivity contribution is 0.0710. The molecule has 1 aliphatic carbocycles. The number of nitrogens with one attached hydrogen (secondary N) is 2. The number of fused-ring (bicyclic) bond motifs is 1. The number of aromatic nitrogens is 4. The minimum Gasteiger partial charge on any atom is -0.381 e. The highest BCUT2D eigenvalue weighted by Crippen LogP contribution is 2.32. The molecule has 0 unspecified atom stereocenters. The van der Waals surface area contributed by atoms with E-state index >= 15 is 0 Å². The van der Waals surface area contributed by atoms with Crippen LogP contribution >= 0.6 is 0 Å². The van der Waals surface area contributed by atoms with Crippen molar-refractivity contribution in [2.75, 3.05) is 37.1 Å². The van der Waals surface area contributed by atoms with E-state index in [9.17, 15) is 8.78 Å². The van der Waals surface area contributed by atoms with Crippen LogP contribution < -0.4 is 10.6 Å². The van der Waals surface area contributed by atoms with Gasteiger partial charge in [0, 0.05) is 44.6 Å². The predicted octanol–water partition coefficient (Wildman–Crippen LogP) is 5.84. The molecule has 3 heterocycles. The van der Waals surface area contributed by atoms with Crippen LogP contribution in [0.25, 0.3) is 11.2 Å². The Morgan fingerprint density at radius 3 is 2.58 bits per heavy atom. The van der Waals surface area contributed by atoms with Gasteiger partial charge in [-0.2, -0.15) is 4.98 Å². The lowest BCUT2D eigenvalue weighted by Crippen LogP contribution is -2.28. The van der Waals surface area contributed by atoms with Gasteiger partial charge < -0.3 is 20.1 Å². The summed E-state index contributed by atoms with van der Waals surface area (Å²) in [5.74, 6) is 0.342. The third-order valence-corrected chi connectivity index (χ3v) is 6.90. The summed E-state index contributed by atoms with van der Waals surface area (Å²) < 4.78 is 40.9. The van der Waals surface area contributed by atoms with Crippen molar-refractivity contribution in [1.82, 2.24) is 19.5 Å². The Bertz CT molecular complexity index is 1140. The topological polar surface area (TPSA) is 86.1 Å². The zero-order valence-electron chi connectivity index (χ0n) is 20.0. The summed E-state index contributed by atoms with van der Waals surface area (Å²) in [6, 6.07) is 3.86. The highest BCUT2D eigenvalue weighted by molar-refractivity contribution is 5.76. The van der Waals surface area contributed by atoms with Crippen LogP contribution in [0.3, 0.4) is 0 Å². The first-order valence-electron chi connectivity index (χ1n) is 12.5. The quantitative estimate of drug-likeness (QED) is 0.400. The molecule has 2 N–H and O–H groups in total. The van der Waals surface area contributed by atoms with Gasteiger partial charge in [-0.15, -0.1) is 0 Å². The Balaban J connectivity index is 0.00000304. The lowest BCUT2D eigenvalue weighted by atomic mass is 9.86. The first-order valence-corrected chi connectivity index (χ1v) is 12.5. The monoisotopic (exact) mass is 502 g/mol. The number of hydrogen-bond donors (Lipinski definition) is 2. The summed E-state index contributed by atoms with van der Waals surface area (Å²) in [6.45, 7) is 4.90. The van der Waals surface area contributed by atoms with Crippen LogP contribution in [0.2, 0.25) is 0 Å². The van der Waals surface area contributed by atoms with Crippen LogP contribution in [-0.2, 0) is 9.47 Å². The number of ether oxygens (including phenoxy) is 2. The van der Waals surface area contributed by atoms with E-state index in [1.54, 1.807) is 6.20 Å². The molecule has 0 amide bonds. The fourth-order valence-electron chi connectivity index (χ4n) is 4.99. The normalized spacial score (nSPS) is 20.8. The third-order valence-electron chi connectivity index (χ3n) is 6.90. The zero-order chi connectivity index (χ0) is 24.2. The second kappa shape index (κ2) is 11.9. The van der Waals surface area contributed by atoms with Crippen LogP contribution in [0.1, 0.15) is 58.9 Å². The van der Waals surface area contributed by atoms with E-state index in [0.717, 1.165) is 57.8 Å². The first-order chi connectivity index (χ1) is 17.1. The molecular formula is C26H36F2N6O2. The molecule has 0 atom stereocenters. The Morgan fingerprint density at radius 1 is 1.08 bits per heavy atom. The van der Waals surface area contributed by atoms with Crippen LogP contribution in [0.5, 0.6) is 0 Å². The number of halogens is 2. The van der Waals surface area contributed by atoms with Crippen molar-refractivity contribution >= 4 is 28.7 Å². The number of rotatable bonds is 8. The Hall–Kier alpha value is -2.85. The Labute approximate surface area is 210 Å². The van der Waals surface area contributed by atoms with E-state index < -0.39 is 11.6 Å². The average molecular weight is 503 g/mol. The molecule has 1 aromatic carbocycles. The van der Waals surface area contributed by atoms with Crippen molar-refractivity contribution in [2.45, 2.75) is 65.0 Å². The minimum absolute atomic E-state index is 0. The van der Waals surface area contributed by atoms with Gasteiger partial charge in [-0.25, -0.2) is 18.7 Å². The van der Waals surface area contributed by atoms with Crippen LogP contribution in [0.4, 0.5) is 26.4 Å². The SMILES string of the molecule is C.CCOCC1CCC(Nc2ncc3nc(Nc4ccc(F)cc4F)n(C4CCOCC4)c3n2)CC1. The zero-order valence-corrected chi connectivity index (χ0v) is 20.0. The molecule has 1 saturated carbocycles. The molecule has 2 aromatic heterocycles. The summed E-state index contributed by atoms with van der Waals surface area (Å²) in [7, 11) is 0. The fourth-order valence-corrected chi connectivity index (χ4v) is 4.99. The standard InChI is InChI=1S/C25H32F2N6O2.CH4/c1-2-34-15-16-3-6-18(7-4-16)29-24-28-14-22-23(32-24)33(19-9-11-35-12-10-19)25(31-22)30-21-8-5-17(26)13-20(21)27;/h5,8,13-14,16,18-19H,2-4,6-7,9-12,15H2,1H3,(H,30,31)(H,28,29,32);1H4.